The van der Waals surface area contributed by atoms with E-state index >= 15 is 0 Å². The first-order valence-corrected chi connectivity index (χ1v) is 8.63. The summed E-state index contributed by atoms with van der Waals surface area (Å²) >= 11 is 0. The smallest absolute Gasteiger partial charge is 0.221 e. The lowest BCUT2D eigenvalue weighted by Gasteiger charge is -2.19. The Balaban J connectivity index is 2.41. The van der Waals surface area contributed by atoms with E-state index in [1.165, 1.54) is 23.5 Å². The van der Waals surface area contributed by atoms with Crippen LogP contribution in [0.1, 0.15) is 12.0 Å². The summed E-state index contributed by atoms with van der Waals surface area (Å²) in [5.41, 5.74) is 0.772. The Labute approximate surface area is 130 Å². The number of amides is 1. The molecule has 0 saturated heterocycles. The maximum absolute atomic E-state index is 12.7. The molecule has 1 aromatic rings. The van der Waals surface area contributed by atoms with Crippen molar-refractivity contribution < 1.29 is 22.3 Å². The van der Waals surface area contributed by atoms with Crippen molar-refractivity contribution in [3.63, 3.8) is 0 Å². The fourth-order valence-corrected chi connectivity index (χ4v) is 2.58. The van der Waals surface area contributed by atoms with E-state index in [-0.39, 0.29) is 44.4 Å². The van der Waals surface area contributed by atoms with Crippen molar-refractivity contribution in [2.75, 3.05) is 33.1 Å². The van der Waals surface area contributed by atoms with Gasteiger partial charge < -0.3 is 10.1 Å². The number of rotatable bonds is 9. The van der Waals surface area contributed by atoms with E-state index in [0.717, 1.165) is 11.8 Å². The van der Waals surface area contributed by atoms with Gasteiger partial charge in [0, 0.05) is 33.2 Å². The molecule has 0 spiro atoms. The molecule has 0 saturated carbocycles. The van der Waals surface area contributed by atoms with Crippen molar-refractivity contribution in [1.82, 2.24) is 9.62 Å². The van der Waals surface area contributed by atoms with Gasteiger partial charge in [0.25, 0.3) is 0 Å². The zero-order chi connectivity index (χ0) is 16.6. The van der Waals surface area contributed by atoms with Crippen LogP contribution < -0.4 is 5.32 Å². The molecular weight excluding hydrogens is 311 g/mol. The minimum Gasteiger partial charge on any atom is -0.383 e. The highest BCUT2D eigenvalue weighted by molar-refractivity contribution is 7.88. The number of benzene rings is 1. The molecule has 1 amide bonds. The molecule has 0 atom stereocenters. The zero-order valence-corrected chi connectivity index (χ0v) is 13.5. The Kier molecular flexibility index (Phi) is 7.43. The molecule has 0 fully saturated rings. The van der Waals surface area contributed by atoms with E-state index in [1.54, 1.807) is 12.1 Å². The normalized spacial score (nSPS) is 11.6. The molecule has 6 nitrogen and oxygen atoms in total. The first-order chi connectivity index (χ1) is 10.3. The largest absolute Gasteiger partial charge is 0.383 e. The van der Waals surface area contributed by atoms with E-state index in [2.05, 4.69) is 5.32 Å². The Morgan fingerprint density at radius 1 is 1.27 bits per heavy atom. The Hall–Kier alpha value is -1.51. The van der Waals surface area contributed by atoms with Gasteiger partial charge in [-0.15, -0.1) is 0 Å². The average molecular weight is 332 g/mol. The van der Waals surface area contributed by atoms with Crippen molar-refractivity contribution in [3.05, 3.63) is 35.6 Å². The summed E-state index contributed by atoms with van der Waals surface area (Å²) < 4.78 is 41.9. The second kappa shape index (κ2) is 8.82. The predicted octanol–water partition coefficient (Wildman–Crippen LogP) is 0.740. The first-order valence-electron chi connectivity index (χ1n) is 6.78. The van der Waals surface area contributed by atoms with Gasteiger partial charge in [0.05, 0.1) is 12.9 Å². The monoisotopic (exact) mass is 332 g/mol. The third kappa shape index (κ3) is 6.97. The topological polar surface area (TPSA) is 75.7 Å². The number of nitrogens with one attached hydrogen (secondary N) is 1. The van der Waals surface area contributed by atoms with Crippen LogP contribution >= 0.6 is 0 Å². The molecule has 0 aliphatic heterocycles. The summed E-state index contributed by atoms with van der Waals surface area (Å²) in [6, 6.07) is 5.79. The molecule has 0 aliphatic rings. The SMILES string of the molecule is COCCN(CCC(=O)NCc1ccc(F)cc1)S(C)(=O)=O. The summed E-state index contributed by atoms with van der Waals surface area (Å²) in [7, 11) is -1.89. The second-order valence-corrected chi connectivity index (χ2v) is 6.79. The standard InChI is InChI=1S/C14H21FN2O4S/c1-21-10-9-17(22(2,19)20)8-7-14(18)16-11-12-3-5-13(15)6-4-12/h3-6H,7-11H2,1-2H3,(H,16,18). The van der Waals surface area contributed by atoms with Crippen LogP contribution in [-0.2, 0) is 26.1 Å². The lowest BCUT2D eigenvalue weighted by molar-refractivity contribution is -0.121. The molecule has 22 heavy (non-hydrogen) atoms. The molecular formula is C14H21FN2O4S. The summed E-state index contributed by atoms with van der Waals surface area (Å²) in [4.78, 5) is 11.8. The average Bonchev–Trinajstić information content (AvgIpc) is 2.45. The highest BCUT2D eigenvalue weighted by atomic mass is 32.2. The number of sulfonamides is 1. The van der Waals surface area contributed by atoms with Gasteiger partial charge in [0.15, 0.2) is 0 Å². The molecule has 124 valence electrons. The van der Waals surface area contributed by atoms with Gasteiger partial charge in [0.1, 0.15) is 5.82 Å². The van der Waals surface area contributed by atoms with Crippen molar-refractivity contribution in [2.24, 2.45) is 0 Å². The molecule has 1 aromatic carbocycles. The Bertz CT molecular complexity index is 575. The van der Waals surface area contributed by atoms with Crippen LogP contribution in [0.2, 0.25) is 0 Å². The predicted molar refractivity (Wildman–Crippen MR) is 81.2 cm³/mol. The molecule has 0 bridgehead atoms. The first kappa shape index (κ1) is 18.5. The molecule has 8 heteroatoms. The molecule has 1 N–H and O–H groups in total. The Morgan fingerprint density at radius 3 is 2.45 bits per heavy atom. The van der Waals surface area contributed by atoms with Gasteiger partial charge in [-0.25, -0.2) is 12.8 Å². The molecule has 1 rings (SSSR count). The number of carbonyl (C=O) groups is 1. The van der Waals surface area contributed by atoms with Crippen LogP contribution in [0.3, 0.4) is 0 Å². The number of nitrogens with zero attached hydrogens (tertiary/aromatic N) is 1. The second-order valence-electron chi connectivity index (χ2n) is 4.81. The Morgan fingerprint density at radius 2 is 1.91 bits per heavy atom. The molecule has 0 unspecified atom stereocenters. The number of halogens is 1. The van der Waals surface area contributed by atoms with Gasteiger partial charge in [-0.3, -0.25) is 4.79 Å². The minimum absolute atomic E-state index is 0.0536. The zero-order valence-electron chi connectivity index (χ0n) is 12.7. The van der Waals surface area contributed by atoms with E-state index in [4.69, 9.17) is 4.74 Å². The van der Waals surface area contributed by atoms with Gasteiger partial charge in [-0.05, 0) is 17.7 Å². The number of methoxy groups -OCH3 is 1. The van der Waals surface area contributed by atoms with Crippen LogP contribution in [0.5, 0.6) is 0 Å². The number of hydrogen-bond acceptors (Lipinski definition) is 4. The minimum atomic E-state index is -3.37. The van der Waals surface area contributed by atoms with Crippen LogP contribution in [0.25, 0.3) is 0 Å². The van der Waals surface area contributed by atoms with Crippen LogP contribution in [0, 0.1) is 5.82 Å². The molecule has 0 radical (unpaired) electrons. The van der Waals surface area contributed by atoms with Crippen LogP contribution in [0.4, 0.5) is 4.39 Å². The van der Waals surface area contributed by atoms with Gasteiger partial charge in [0.2, 0.25) is 15.9 Å². The van der Waals surface area contributed by atoms with Gasteiger partial charge in [-0.2, -0.15) is 4.31 Å². The summed E-state index contributed by atoms with van der Waals surface area (Å²) in [5, 5.41) is 2.67. The van der Waals surface area contributed by atoms with Crippen molar-refractivity contribution in [2.45, 2.75) is 13.0 Å². The van der Waals surface area contributed by atoms with E-state index in [0.29, 0.717) is 0 Å². The molecule has 0 aromatic heterocycles. The fourth-order valence-electron chi connectivity index (χ4n) is 1.75. The van der Waals surface area contributed by atoms with E-state index in [9.17, 15) is 17.6 Å². The summed E-state index contributed by atoms with van der Waals surface area (Å²) in [5.74, 6) is -0.604. The van der Waals surface area contributed by atoms with Crippen molar-refractivity contribution >= 4 is 15.9 Å². The van der Waals surface area contributed by atoms with Crippen LogP contribution in [0.15, 0.2) is 24.3 Å². The van der Waals surface area contributed by atoms with Crippen LogP contribution in [-0.4, -0.2) is 51.7 Å². The van der Waals surface area contributed by atoms with Gasteiger partial charge in [-0.1, -0.05) is 12.1 Å². The van der Waals surface area contributed by atoms with Crippen molar-refractivity contribution in [1.29, 1.82) is 0 Å². The summed E-state index contributed by atoms with van der Waals surface area (Å²) in [6.45, 7) is 0.846. The van der Waals surface area contributed by atoms with E-state index in [1.807, 2.05) is 0 Å². The van der Waals surface area contributed by atoms with Gasteiger partial charge >= 0.3 is 0 Å². The highest BCUT2D eigenvalue weighted by Crippen LogP contribution is 2.03. The third-order valence-corrected chi connectivity index (χ3v) is 4.31. The number of hydrogen-bond donors (Lipinski definition) is 1. The molecule has 0 heterocycles. The highest BCUT2D eigenvalue weighted by Gasteiger charge is 2.17. The third-order valence-electron chi connectivity index (χ3n) is 3.01. The number of carbonyl (C=O) groups excluding carboxylic acids is 1. The quantitative estimate of drug-likeness (QED) is 0.724. The lowest BCUT2D eigenvalue weighted by Crippen LogP contribution is -2.36. The van der Waals surface area contributed by atoms with Crippen molar-refractivity contribution in [3.8, 4) is 0 Å². The number of ether oxygens (including phenoxy) is 1. The maximum Gasteiger partial charge on any atom is 0.221 e. The fraction of sp³-hybridized carbons (Fsp3) is 0.500. The maximum atomic E-state index is 12.7. The van der Waals surface area contributed by atoms with E-state index < -0.39 is 10.0 Å². The lowest BCUT2D eigenvalue weighted by atomic mass is 10.2. The summed E-state index contributed by atoms with van der Waals surface area (Å²) in [6.07, 6.45) is 1.15. The molecule has 0 aliphatic carbocycles.